The summed E-state index contributed by atoms with van der Waals surface area (Å²) in [5.41, 5.74) is 3.01. The van der Waals surface area contributed by atoms with Gasteiger partial charge in [0, 0.05) is 30.6 Å². The van der Waals surface area contributed by atoms with Crippen molar-refractivity contribution in [3.8, 4) is 0 Å². The van der Waals surface area contributed by atoms with Gasteiger partial charge in [0.05, 0.1) is 5.75 Å². The first-order valence-corrected chi connectivity index (χ1v) is 13.1. The summed E-state index contributed by atoms with van der Waals surface area (Å²) in [5, 5.41) is 3.46. The predicted octanol–water partition coefficient (Wildman–Crippen LogP) is 4.39. The number of amides is 1. The summed E-state index contributed by atoms with van der Waals surface area (Å²) < 4.78 is 67.0. The smallest absolute Gasteiger partial charge is 0.381 e. The van der Waals surface area contributed by atoms with Gasteiger partial charge in [0.1, 0.15) is 0 Å². The molecule has 35 heavy (non-hydrogen) atoms. The largest absolute Gasteiger partial charge is 0.413 e. The molecule has 6 nitrogen and oxygen atoms in total. The first-order valence-electron chi connectivity index (χ1n) is 11.4. The Bertz CT molecular complexity index is 1150. The number of hydrogen-bond acceptors (Lipinski definition) is 4. The first kappa shape index (κ1) is 27.0. The summed E-state index contributed by atoms with van der Waals surface area (Å²) in [4.78, 5) is 13.1. The van der Waals surface area contributed by atoms with E-state index in [-0.39, 0.29) is 35.6 Å². The van der Waals surface area contributed by atoms with E-state index in [1.54, 1.807) is 12.1 Å². The van der Waals surface area contributed by atoms with Crippen LogP contribution in [0.15, 0.2) is 48.5 Å². The molecule has 0 aliphatic heterocycles. The minimum absolute atomic E-state index is 0.0595. The Morgan fingerprint density at radius 3 is 2.34 bits per heavy atom. The van der Waals surface area contributed by atoms with Crippen molar-refractivity contribution in [1.82, 2.24) is 9.62 Å². The zero-order valence-corrected chi connectivity index (χ0v) is 21.1. The Kier molecular flexibility index (Phi) is 7.86. The second kappa shape index (κ2) is 10.2. The molecule has 0 radical (unpaired) electrons. The van der Waals surface area contributed by atoms with Crippen LogP contribution in [0.25, 0.3) is 0 Å². The van der Waals surface area contributed by atoms with Crippen molar-refractivity contribution in [2.75, 3.05) is 25.2 Å². The van der Waals surface area contributed by atoms with Gasteiger partial charge in [-0.3, -0.25) is 4.79 Å². The summed E-state index contributed by atoms with van der Waals surface area (Å²) in [6.45, 7) is 4.29. The molecule has 0 aromatic heterocycles. The van der Waals surface area contributed by atoms with Gasteiger partial charge in [-0.2, -0.15) is 13.2 Å². The second-order valence-corrected chi connectivity index (χ2v) is 11.5. The molecule has 3 rings (SSSR count). The van der Waals surface area contributed by atoms with E-state index < -0.39 is 28.1 Å². The summed E-state index contributed by atoms with van der Waals surface area (Å²) >= 11 is 0. The molecule has 0 saturated heterocycles. The lowest BCUT2D eigenvalue weighted by molar-refractivity contribution is -0.188. The summed E-state index contributed by atoms with van der Waals surface area (Å²) in [5.74, 6) is -1.10. The van der Waals surface area contributed by atoms with Crippen LogP contribution in [0, 0.1) is 0 Å². The van der Waals surface area contributed by atoms with Crippen molar-refractivity contribution < 1.29 is 26.4 Å². The number of anilines is 1. The Morgan fingerprint density at radius 1 is 1.14 bits per heavy atom. The van der Waals surface area contributed by atoms with Crippen molar-refractivity contribution in [2.45, 2.75) is 56.8 Å². The number of nitrogens with one attached hydrogen (secondary N) is 2. The average molecular weight is 512 g/mol. The third-order valence-electron chi connectivity index (χ3n) is 6.78. The first-order chi connectivity index (χ1) is 16.3. The lowest BCUT2D eigenvalue weighted by Gasteiger charge is -2.31. The second-order valence-electron chi connectivity index (χ2n) is 9.48. The van der Waals surface area contributed by atoms with Gasteiger partial charge >= 0.3 is 6.18 Å². The Hall–Kier alpha value is -2.59. The van der Waals surface area contributed by atoms with Gasteiger partial charge in [-0.05, 0) is 48.7 Å². The number of nitrogens with zero attached hydrogens (tertiary/aromatic N) is 1. The number of carbonyl (C=O) groups is 1. The number of benzene rings is 2. The van der Waals surface area contributed by atoms with Crippen LogP contribution in [-0.2, 0) is 26.7 Å². The Balaban J connectivity index is 1.72. The third-order valence-corrected chi connectivity index (χ3v) is 8.23. The molecule has 0 spiro atoms. The van der Waals surface area contributed by atoms with Gasteiger partial charge in [-0.15, -0.1) is 0 Å². The quantitative estimate of drug-likeness (QED) is 0.524. The predicted molar refractivity (Wildman–Crippen MR) is 131 cm³/mol. The highest BCUT2D eigenvalue weighted by Crippen LogP contribution is 2.41. The van der Waals surface area contributed by atoms with Crippen LogP contribution in [0.4, 0.5) is 18.9 Å². The molecule has 1 amide bonds. The number of rotatable bonds is 9. The van der Waals surface area contributed by atoms with Crippen molar-refractivity contribution in [3.63, 3.8) is 0 Å². The fourth-order valence-corrected chi connectivity index (χ4v) is 5.38. The lowest BCUT2D eigenvalue weighted by atomic mass is 9.83. The van der Waals surface area contributed by atoms with E-state index in [4.69, 9.17) is 0 Å². The number of hydrogen-bond donors (Lipinski definition) is 2. The van der Waals surface area contributed by atoms with E-state index >= 15 is 0 Å². The molecule has 2 unspecified atom stereocenters. The van der Waals surface area contributed by atoms with Gasteiger partial charge < -0.3 is 10.2 Å². The molecule has 2 atom stereocenters. The van der Waals surface area contributed by atoms with Gasteiger partial charge in [0.25, 0.3) is 0 Å². The molecular formula is C25H32F3N3O3S. The maximum absolute atomic E-state index is 13.9. The van der Waals surface area contributed by atoms with Crippen LogP contribution in [0.1, 0.15) is 49.4 Å². The number of fused-ring (bicyclic) bond motifs is 1. The molecule has 192 valence electrons. The fraction of sp³-hybridized carbons (Fsp3) is 0.480. The Labute approximate surface area is 205 Å². The van der Waals surface area contributed by atoms with Crippen LogP contribution < -0.4 is 10.0 Å². The fourth-order valence-electron chi connectivity index (χ4n) is 4.65. The van der Waals surface area contributed by atoms with Crippen molar-refractivity contribution in [2.24, 2.45) is 0 Å². The van der Waals surface area contributed by atoms with Crippen LogP contribution in [0.2, 0.25) is 0 Å². The van der Waals surface area contributed by atoms with Crippen LogP contribution >= 0.6 is 0 Å². The van der Waals surface area contributed by atoms with Crippen molar-refractivity contribution in [1.29, 1.82) is 0 Å². The summed E-state index contributed by atoms with van der Waals surface area (Å²) in [6.07, 6.45) is -4.25. The van der Waals surface area contributed by atoms with Crippen LogP contribution in [0.5, 0.6) is 0 Å². The van der Waals surface area contributed by atoms with Gasteiger partial charge in [0.2, 0.25) is 15.9 Å². The SMILES string of the molecule is CNS(=O)(=O)CCCC(=O)N(C)C(c1ccc(NC2Cc3ccccc3C2(C)C)cc1)C(F)(F)F. The summed E-state index contributed by atoms with van der Waals surface area (Å²) in [6, 6.07) is 12.1. The van der Waals surface area contributed by atoms with E-state index in [0.717, 1.165) is 13.5 Å². The molecule has 0 fully saturated rings. The highest BCUT2D eigenvalue weighted by Gasteiger charge is 2.45. The molecular weight excluding hydrogens is 479 g/mol. The number of halogens is 3. The van der Waals surface area contributed by atoms with E-state index in [1.807, 2.05) is 12.1 Å². The molecule has 2 aromatic carbocycles. The van der Waals surface area contributed by atoms with E-state index in [1.165, 1.54) is 30.3 Å². The Morgan fingerprint density at radius 2 is 1.77 bits per heavy atom. The topological polar surface area (TPSA) is 78.5 Å². The molecule has 2 aromatic rings. The number of carbonyl (C=O) groups excluding carboxylic acids is 1. The van der Waals surface area contributed by atoms with Crippen molar-refractivity contribution >= 4 is 21.6 Å². The molecule has 1 aliphatic carbocycles. The van der Waals surface area contributed by atoms with Crippen LogP contribution in [-0.4, -0.2) is 51.3 Å². The zero-order valence-electron chi connectivity index (χ0n) is 20.3. The molecule has 2 N–H and O–H groups in total. The minimum atomic E-state index is -4.69. The third kappa shape index (κ3) is 6.16. The average Bonchev–Trinajstić information content (AvgIpc) is 3.03. The van der Waals surface area contributed by atoms with E-state index in [9.17, 15) is 26.4 Å². The standard InChI is InChI=1S/C25H32F3N3O3S/c1-24(2)20-9-6-5-8-18(20)16-21(24)30-19-13-11-17(12-14-19)23(25(26,27)28)31(4)22(32)10-7-15-35(33,34)29-3/h5-6,8-9,11-14,21,23,29-30H,7,10,15-16H2,1-4H3. The summed E-state index contributed by atoms with van der Waals surface area (Å²) in [7, 11) is -1.19. The highest BCUT2D eigenvalue weighted by atomic mass is 32.2. The van der Waals surface area contributed by atoms with E-state index in [2.05, 4.69) is 36.0 Å². The van der Waals surface area contributed by atoms with E-state index in [0.29, 0.717) is 10.6 Å². The normalized spacial score (nSPS) is 18.1. The van der Waals surface area contributed by atoms with Crippen molar-refractivity contribution in [3.05, 3.63) is 65.2 Å². The molecule has 0 saturated carbocycles. The van der Waals surface area contributed by atoms with Gasteiger partial charge in [0.15, 0.2) is 6.04 Å². The molecule has 1 aliphatic rings. The zero-order chi connectivity index (χ0) is 26.0. The lowest BCUT2D eigenvalue weighted by Crippen LogP contribution is -2.40. The van der Waals surface area contributed by atoms with Crippen LogP contribution in [0.3, 0.4) is 0 Å². The minimum Gasteiger partial charge on any atom is -0.381 e. The maximum Gasteiger partial charge on any atom is 0.413 e. The number of alkyl halides is 3. The molecule has 0 heterocycles. The van der Waals surface area contributed by atoms with Gasteiger partial charge in [-0.25, -0.2) is 13.1 Å². The monoisotopic (exact) mass is 511 g/mol. The molecule has 10 heteroatoms. The van der Waals surface area contributed by atoms with Gasteiger partial charge in [-0.1, -0.05) is 50.2 Å². The molecule has 0 bridgehead atoms. The number of sulfonamides is 1. The maximum atomic E-state index is 13.9. The highest BCUT2D eigenvalue weighted by molar-refractivity contribution is 7.89.